The highest BCUT2D eigenvalue weighted by molar-refractivity contribution is 5.93. The Kier molecular flexibility index (Phi) is 5.23. The summed E-state index contributed by atoms with van der Waals surface area (Å²) in [6, 6.07) is 9.70. The maximum atomic E-state index is 13.4. The van der Waals surface area contributed by atoms with Crippen molar-refractivity contribution < 1.29 is 23.1 Å². The molecule has 0 unspecified atom stereocenters. The van der Waals surface area contributed by atoms with E-state index < -0.39 is 17.8 Å². The van der Waals surface area contributed by atoms with Crippen LogP contribution in [0.15, 0.2) is 36.4 Å². The molecule has 0 radical (unpaired) electrons. The van der Waals surface area contributed by atoms with E-state index in [1.165, 1.54) is 17.9 Å². The summed E-state index contributed by atoms with van der Waals surface area (Å²) < 4.78 is 40.9. The van der Waals surface area contributed by atoms with Crippen LogP contribution in [0.5, 0.6) is 0 Å². The predicted molar refractivity (Wildman–Crippen MR) is 103 cm³/mol. The summed E-state index contributed by atoms with van der Waals surface area (Å²) in [6.45, 7) is 1.26. The zero-order chi connectivity index (χ0) is 21.5. The van der Waals surface area contributed by atoms with Crippen LogP contribution < -0.4 is 0 Å². The van der Waals surface area contributed by atoms with Gasteiger partial charge in [0.05, 0.1) is 12.6 Å². The number of carbonyl (C=O) groups is 1. The first-order valence-corrected chi connectivity index (χ1v) is 9.74. The van der Waals surface area contributed by atoms with Crippen molar-refractivity contribution in [1.29, 1.82) is 0 Å². The smallest absolute Gasteiger partial charge is 0.395 e. The number of benzene rings is 1. The van der Waals surface area contributed by atoms with Gasteiger partial charge in [0.15, 0.2) is 11.3 Å². The summed E-state index contributed by atoms with van der Waals surface area (Å²) in [5.74, 6) is -0.526. The Bertz CT molecular complexity index is 1090. The van der Waals surface area contributed by atoms with Gasteiger partial charge in [-0.25, -0.2) is 9.50 Å². The number of rotatable bonds is 4. The van der Waals surface area contributed by atoms with Gasteiger partial charge in [-0.1, -0.05) is 24.3 Å². The minimum Gasteiger partial charge on any atom is -0.395 e. The number of halogens is 3. The number of nitrogens with zero attached hydrogens (tertiary/aromatic N) is 4. The number of aliphatic hydroxyl groups is 1. The van der Waals surface area contributed by atoms with Crippen LogP contribution in [0.3, 0.4) is 0 Å². The molecule has 0 saturated heterocycles. The number of hydrogen-bond donors (Lipinski definition) is 1. The molecule has 158 valence electrons. The fourth-order valence-electron chi connectivity index (χ4n) is 4.11. The molecule has 4 rings (SSSR count). The second-order valence-electron chi connectivity index (χ2n) is 7.41. The Hall–Kier alpha value is -2.94. The van der Waals surface area contributed by atoms with Gasteiger partial charge >= 0.3 is 6.18 Å². The quantitative estimate of drug-likeness (QED) is 0.703. The van der Waals surface area contributed by atoms with Crippen molar-refractivity contribution in [1.82, 2.24) is 19.5 Å². The van der Waals surface area contributed by atoms with E-state index in [0.717, 1.165) is 30.0 Å². The first kappa shape index (κ1) is 20.3. The molecule has 1 amide bonds. The Morgan fingerprint density at radius 2 is 2.07 bits per heavy atom. The minimum atomic E-state index is -4.63. The lowest BCUT2D eigenvalue weighted by atomic mass is 9.86. The Balaban J connectivity index is 1.76. The lowest BCUT2D eigenvalue weighted by Gasteiger charge is -2.35. The summed E-state index contributed by atoms with van der Waals surface area (Å²) in [6.07, 6.45) is -2.14. The number of aromatic nitrogens is 3. The number of alkyl halides is 3. The third-order valence-corrected chi connectivity index (χ3v) is 5.38. The van der Waals surface area contributed by atoms with Gasteiger partial charge in [0, 0.05) is 18.3 Å². The molecule has 1 aliphatic carbocycles. The van der Waals surface area contributed by atoms with Crippen LogP contribution in [-0.4, -0.2) is 43.7 Å². The molecule has 0 saturated carbocycles. The molecule has 0 bridgehead atoms. The topological polar surface area (TPSA) is 70.7 Å². The molecule has 3 aromatic rings. The van der Waals surface area contributed by atoms with Crippen molar-refractivity contribution in [2.24, 2.45) is 0 Å². The van der Waals surface area contributed by atoms with Crippen molar-refractivity contribution in [2.75, 3.05) is 13.2 Å². The highest BCUT2D eigenvalue weighted by Crippen LogP contribution is 2.35. The van der Waals surface area contributed by atoms with Gasteiger partial charge < -0.3 is 10.0 Å². The van der Waals surface area contributed by atoms with Crippen LogP contribution in [0.1, 0.15) is 51.9 Å². The molecule has 0 aliphatic heterocycles. The minimum absolute atomic E-state index is 0.0429. The zero-order valence-corrected chi connectivity index (χ0v) is 16.4. The fourth-order valence-corrected chi connectivity index (χ4v) is 4.11. The predicted octanol–water partition coefficient (Wildman–Crippen LogP) is 3.57. The Morgan fingerprint density at radius 3 is 2.80 bits per heavy atom. The highest BCUT2D eigenvalue weighted by atomic mass is 19.4. The van der Waals surface area contributed by atoms with Gasteiger partial charge in [-0.15, -0.1) is 0 Å². The van der Waals surface area contributed by atoms with Crippen LogP contribution >= 0.6 is 0 Å². The molecule has 30 heavy (non-hydrogen) atoms. The molecule has 2 heterocycles. The first-order valence-electron chi connectivity index (χ1n) is 9.74. The van der Waals surface area contributed by atoms with Gasteiger partial charge in [0.2, 0.25) is 0 Å². The largest absolute Gasteiger partial charge is 0.433 e. The van der Waals surface area contributed by atoms with E-state index in [1.54, 1.807) is 0 Å². The Labute approximate surface area is 171 Å². The Morgan fingerprint density at radius 1 is 1.30 bits per heavy atom. The average Bonchev–Trinajstić information content (AvgIpc) is 3.13. The monoisotopic (exact) mass is 418 g/mol. The summed E-state index contributed by atoms with van der Waals surface area (Å²) in [5, 5.41) is 13.5. The van der Waals surface area contributed by atoms with E-state index in [9.17, 15) is 23.1 Å². The van der Waals surface area contributed by atoms with E-state index in [1.807, 2.05) is 24.3 Å². The molecule has 1 atom stereocenters. The third kappa shape index (κ3) is 3.65. The summed E-state index contributed by atoms with van der Waals surface area (Å²) in [4.78, 5) is 18.9. The second kappa shape index (κ2) is 7.71. The van der Waals surface area contributed by atoms with Crippen LogP contribution in [-0.2, 0) is 12.6 Å². The number of aliphatic hydroxyl groups excluding tert-OH is 1. The van der Waals surface area contributed by atoms with Gasteiger partial charge in [0.1, 0.15) is 5.69 Å². The molecule has 1 aliphatic rings. The second-order valence-corrected chi connectivity index (χ2v) is 7.41. The van der Waals surface area contributed by atoms with Crippen LogP contribution in [0.25, 0.3) is 5.65 Å². The molecule has 0 fully saturated rings. The molecule has 0 spiro atoms. The standard InChI is InChI=1S/C21H21F3N4O2/c1-13-11-18(21(22,23)24)28-19(25-13)12-16(26-28)20(30)27(9-10-29)17-8-4-6-14-5-2-3-7-15(14)17/h2-3,5,7,11-12,17,29H,4,6,8-10H2,1H3/t17-/m1/s1. The van der Waals surface area contributed by atoms with Crippen LogP contribution in [0.4, 0.5) is 13.2 Å². The SMILES string of the molecule is Cc1cc(C(F)(F)F)n2nc(C(=O)N(CCO)[C@@H]3CCCc4ccccc43)cc2n1. The number of amides is 1. The number of carbonyl (C=O) groups excluding carboxylic acids is 1. The van der Waals surface area contributed by atoms with Crippen molar-refractivity contribution >= 4 is 11.6 Å². The van der Waals surface area contributed by atoms with Crippen molar-refractivity contribution in [3.8, 4) is 0 Å². The molecular formula is C21H21F3N4O2. The molecule has 6 nitrogen and oxygen atoms in total. The normalized spacial score (nSPS) is 16.5. The number of aryl methyl sites for hydroxylation is 2. The van der Waals surface area contributed by atoms with E-state index in [4.69, 9.17) is 0 Å². The summed E-state index contributed by atoms with van der Waals surface area (Å²) >= 11 is 0. The van der Waals surface area contributed by atoms with Crippen LogP contribution in [0, 0.1) is 6.92 Å². The van der Waals surface area contributed by atoms with E-state index >= 15 is 0 Å². The van der Waals surface area contributed by atoms with Crippen molar-refractivity contribution in [2.45, 2.75) is 38.4 Å². The lowest BCUT2D eigenvalue weighted by molar-refractivity contribution is -0.142. The van der Waals surface area contributed by atoms with Crippen molar-refractivity contribution in [3.05, 3.63) is 64.6 Å². The van der Waals surface area contributed by atoms with E-state index in [2.05, 4.69) is 10.1 Å². The average molecular weight is 418 g/mol. The van der Waals surface area contributed by atoms with E-state index in [-0.39, 0.29) is 36.2 Å². The molecular weight excluding hydrogens is 397 g/mol. The first-order chi connectivity index (χ1) is 14.3. The summed E-state index contributed by atoms with van der Waals surface area (Å²) in [7, 11) is 0. The maximum absolute atomic E-state index is 13.4. The lowest BCUT2D eigenvalue weighted by Crippen LogP contribution is -2.38. The number of hydrogen-bond acceptors (Lipinski definition) is 4. The number of fused-ring (bicyclic) bond motifs is 2. The summed E-state index contributed by atoms with van der Waals surface area (Å²) in [5.41, 5.74) is 1.16. The van der Waals surface area contributed by atoms with Gasteiger partial charge in [-0.3, -0.25) is 4.79 Å². The van der Waals surface area contributed by atoms with Crippen molar-refractivity contribution in [3.63, 3.8) is 0 Å². The van der Waals surface area contributed by atoms with Gasteiger partial charge in [-0.2, -0.15) is 18.3 Å². The molecule has 2 aromatic heterocycles. The van der Waals surface area contributed by atoms with E-state index in [0.29, 0.717) is 10.9 Å². The van der Waals surface area contributed by atoms with Gasteiger partial charge in [0.25, 0.3) is 5.91 Å². The molecule has 1 N–H and O–H groups in total. The molecule has 9 heteroatoms. The third-order valence-electron chi connectivity index (χ3n) is 5.38. The zero-order valence-electron chi connectivity index (χ0n) is 16.4. The molecule has 1 aromatic carbocycles. The highest BCUT2D eigenvalue weighted by Gasteiger charge is 2.36. The maximum Gasteiger partial charge on any atom is 0.433 e. The van der Waals surface area contributed by atoms with Gasteiger partial charge in [-0.05, 0) is 43.4 Å². The fraction of sp³-hybridized carbons (Fsp3) is 0.381. The van der Waals surface area contributed by atoms with Crippen LogP contribution in [0.2, 0.25) is 0 Å².